The van der Waals surface area contributed by atoms with Crippen molar-refractivity contribution in [2.45, 2.75) is 12.3 Å². The van der Waals surface area contributed by atoms with Gasteiger partial charge in [0.1, 0.15) is 0 Å². The van der Waals surface area contributed by atoms with Crippen molar-refractivity contribution in [2.75, 3.05) is 5.73 Å². The maximum Gasteiger partial charge on any atom is 0.251 e. The van der Waals surface area contributed by atoms with Gasteiger partial charge in [0.05, 0.1) is 5.52 Å². The van der Waals surface area contributed by atoms with Crippen molar-refractivity contribution in [1.82, 2.24) is 9.78 Å². The van der Waals surface area contributed by atoms with E-state index in [-0.39, 0.29) is 11.8 Å². The zero-order valence-corrected chi connectivity index (χ0v) is 11.4. The van der Waals surface area contributed by atoms with Gasteiger partial charge in [0.15, 0.2) is 5.82 Å². The summed E-state index contributed by atoms with van der Waals surface area (Å²) in [5, 5.41) is 5.06. The van der Waals surface area contributed by atoms with E-state index in [1.54, 1.807) is 0 Å². The molecule has 3 aromatic rings. The third-order valence-electron chi connectivity index (χ3n) is 4.16. The molecule has 1 heterocycles. The van der Waals surface area contributed by atoms with Gasteiger partial charge in [0.25, 0.3) is 5.91 Å². The van der Waals surface area contributed by atoms with E-state index in [0.717, 1.165) is 17.3 Å². The normalized spacial score (nSPS) is 20.6. The number of para-hydroxylation sites is 1. The second kappa shape index (κ2) is 4.45. The highest BCUT2D eigenvalue weighted by molar-refractivity contribution is 5.98. The van der Waals surface area contributed by atoms with Gasteiger partial charge in [-0.1, -0.05) is 42.5 Å². The molecule has 0 amide bonds. The number of anilines is 1. The number of carbonyl (C=O) groups excluding carboxylic acids is 1. The van der Waals surface area contributed by atoms with E-state index in [4.69, 9.17) is 5.73 Å². The molecule has 1 aliphatic rings. The van der Waals surface area contributed by atoms with Crippen LogP contribution in [0.5, 0.6) is 0 Å². The number of hydrogen-bond acceptors (Lipinski definition) is 3. The molecule has 2 aromatic carbocycles. The first kappa shape index (κ1) is 12.1. The van der Waals surface area contributed by atoms with Gasteiger partial charge in [-0.05, 0) is 30.0 Å². The molecule has 0 saturated heterocycles. The van der Waals surface area contributed by atoms with Crippen LogP contribution in [0.1, 0.15) is 22.7 Å². The second-order valence-corrected chi connectivity index (χ2v) is 5.51. The first-order valence-electron chi connectivity index (χ1n) is 7.08. The Kier molecular flexibility index (Phi) is 2.57. The van der Waals surface area contributed by atoms with Crippen molar-refractivity contribution in [3.05, 3.63) is 60.2 Å². The summed E-state index contributed by atoms with van der Waals surface area (Å²) in [7, 11) is 0. The Labute approximate surface area is 122 Å². The van der Waals surface area contributed by atoms with E-state index in [9.17, 15) is 4.79 Å². The van der Waals surface area contributed by atoms with Crippen molar-refractivity contribution < 1.29 is 4.79 Å². The molecule has 0 aliphatic heterocycles. The SMILES string of the molecule is Nc1nn(C(=O)[C@H]2C[C@@H]2c2ccccc2)c2ccccc12. The molecule has 1 aromatic heterocycles. The Balaban J connectivity index is 1.67. The number of aromatic nitrogens is 2. The quantitative estimate of drug-likeness (QED) is 0.783. The Morgan fingerprint density at radius 1 is 1.10 bits per heavy atom. The summed E-state index contributed by atoms with van der Waals surface area (Å²) in [5.41, 5.74) is 7.91. The van der Waals surface area contributed by atoms with Crippen LogP contribution in [-0.4, -0.2) is 15.7 Å². The second-order valence-electron chi connectivity index (χ2n) is 5.51. The maximum atomic E-state index is 12.7. The van der Waals surface area contributed by atoms with Crippen LogP contribution in [0.3, 0.4) is 0 Å². The van der Waals surface area contributed by atoms with Crippen molar-refractivity contribution >= 4 is 22.6 Å². The minimum atomic E-state index is 0.00936. The van der Waals surface area contributed by atoms with Crippen molar-refractivity contribution in [3.63, 3.8) is 0 Å². The number of nitrogen functional groups attached to an aromatic ring is 1. The van der Waals surface area contributed by atoms with Crippen LogP contribution < -0.4 is 5.73 Å². The molecule has 2 atom stereocenters. The highest BCUT2D eigenvalue weighted by atomic mass is 16.2. The molecule has 2 N–H and O–H groups in total. The van der Waals surface area contributed by atoms with Crippen LogP contribution in [0, 0.1) is 5.92 Å². The lowest BCUT2D eigenvalue weighted by Crippen LogP contribution is -2.15. The summed E-state index contributed by atoms with van der Waals surface area (Å²) in [5.74, 6) is 0.769. The third-order valence-corrected chi connectivity index (χ3v) is 4.16. The van der Waals surface area contributed by atoms with E-state index < -0.39 is 0 Å². The Bertz CT molecular complexity index is 822. The van der Waals surface area contributed by atoms with Crippen molar-refractivity contribution in [2.24, 2.45) is 5.92 Å². The van der Waals surface area contributed by atoms with E-state index in [1.165, 1.54) is 10.2 Å². The van der Waals surface area contributed by atoms with Gasteiger partial charge in [0.2, 0.25) is 0 Å². The fourth-order valence-corrected chi connectivity index (χ4v) is 2.95. The molecule has 0 unspecified atom stereocenters. The van der Waals surface area contributed by atoms with Gasteiger partial charge >= 0.3 is 0 Å². The highest BCUT2D eigenvalue weighted by Crippen LogP contribution is 2.48. The van der Waals surface area contributed by atoms with Gasteiger partial charge in [-0.3, -0.25) is 4.79 Å². The smallest absolute Gasteiger partial charge is 0.251 e. The molecule has 1 aliphatic carbocycles. The fourth-order valence-electron chi connectivity index (χ4n) is 2.95. The predicted octanol–water partition coefficient (Wildman–Crippen LogP) is 3.06. The number of carbonyl (C=O) groups is 1. The monoisotopic (exact) mass is 277 g/mol. The lowest BCUT2D eigenvalue weighted by Gasteiger charge is -2.02. The van der Waals surface area contributed by atoms with E-state index >= 15 is 0 Å². The molecule has 1 saturated carbocycles. The van der Waals surface area contributed by atoms with Crippen molar-refractivity contribution in [3.8, 4) is 0 Å². The van der Waals surface area contributed by atoms with Gasteiger partial charge in [-0.15, -0.1) is 5.10 Å². The zero-order chi connectivity index (χ0) is 14.4. The number of nitrogens with zero attached hydrogens (tertiary/aromatic N) is 2. The minimum Gasteiger partial charge on any atom is -0.382 e. The summed E-state index contributed by atoms with van der Waals surface area (Å²) in [6.07, 6.45) is 0.886. The molecule has 4 rings (SSSR count). The highest BCUT2D eigenvalue weighted by Gasteiger charge is 2.45. The summed E-state index contributed by atoms with van der Waals surface area (Å²) in [6, 6.07) is 17.7. The molecular formula is C17H15N3O. The first-order chi connectivity index (χ1) is 10.3. The first-order valence-corrected chi connectivity index (χ1v) is 7.08. The van der Waals surface area contributed by atoms with E-state index in [1.807, 2.05) is 42.5 Å². The third kappa shape index (κ3) is 1.91. The molecule has 0 radical (unpaired) electrons. The van der Waals surface area contributed by atoms with Gasteiger partial charge in [-0.2, -0.15) is 4.68 Å². The van der Waals surface area contributed by atoms with Gasteiger partial charge in [0, 0.05) is 11.3 Å². The number of nitrogens with two attached hydrogens (primary N) is 1. The van der Waals surface area contributed by atoms with Crippen molar-refractivity contribution in [1.29, 1.82) is 0 Å². The number of hydrogen-bond donors (Lipinski definition) is 1. The van der Waals surface area contributed by atoms with Crippen LogP contribution in [0.4, 0.5) is 5.82 Å². The minimum absolute atomic E-state index is 0.00936. The fraction of sp³-hybridized carbons (Fsp3) is 0.176. The summed E-state index contributed by atoms with van der Waals surface area (Å²) < 4.78 is 1.47. The molecule has 21 heavy (non-hydrogen) atoms. The maximum absolute atomic E-state index is 12.7. The van der Waals surface area contributed by atoms with Gasteiger partial charge < -0.3 is 5.73 Å². The van der Waals surface area contributed by atoms with E-state index in [0.29, 0.717) is 11.7 Å². The van der Waals surface area contributed by atoms with Crippen LogP contribution in [0.25, 0.3) is 10.9 Å². The molecular weight excluding hydrogens is 262 g/mol. The number of benzene rings is 2. The molecule has 0 bridgehead atoms. The average Bonchev–Trinajstić information content (AvgIpc) is 3.27. The topological polar surface area (TPSA) is 60.9 Å². The molecule has 4 heteroatoms. The Morgan fingerprint density at radius 3 is 2.62 bits per heavy atom. The number of rotatable bonds is 2. The molecule has 104 valence electrons. The lowest BCUT2D eigenvalue weighted by atomic mass is 10.1. The predicted molar refractivity (Wildman–Crippen MR) is 82.1 cm³/mol. The largest absolute Gasteiger partial charge is 0.382 e. The molecule has 4 nitrogen and oxygen atoms in total. The summed E-state index contributed by atoms with van der Waals surface area (Å²) in [6.45, 7) is 0. The summed E-state index contributed by atoms with van der Waals surface area (Å²) >= 11 is 0. The number of fused-ring (bicyclic) bond motifs is 1. The average molecular weight is 277 g/mol. The molecule has 1 fully saturated rings. The Hall–Kier alpha value is -2.62. The summed E-state index contributed by atoms with van der Waals surface area (Å²) in [4.78, 5) is 12.7. The van der Waals surface area contributed by atoms with E-state index in [2.05, 4.69) is 17.2 Å². The Morgan fingerprint density at radius 2 is 1.81 bits per heavy atom. The van der Waals surface area contributed by atoms with Crippen LogP contribution >= 0.6 is 0 Å². The molecule has 0 spiro atoms. The standard InChI is InChI=1S/C17H15N3O/c18-16-12-8-4-5-9-15(12)20(19-16)17(21)14-10-13(14)11-6-2-1-3-7-11/h1-9,13-14H,10H2,(H2,18,19)/t13-,14+/m1/s1. The van der Waals surface area contributed by atoms with Crippen LogP contribution in [-0.2, 0) is 0 Å². The van der Waals surface area contributed by atoms with Crippen LogP contribution in [0.2, 0.25) is 0 Å². The van der Waals surface area contributed by atoms with Crippen LogP contribution in [0.15, 0.2) is 54.6 Å². The zero-order valence-electron chi connectivity index (χ0n) is 11.4. The van der Waals surface area contributed by atoms with Gasteiger partial charge in [-0.25, -0.2) is 0 Å². The lowest BCUT2D eigenvalue weighted by molar-refractivity contribution is 0.0873.